The number of nitrogens with one attached hydrogen (secondary N) is 1. The van der Waals surface area contributed by atoms with Gasteiger partial charge in [0.05, 0.1) is 22.8 Å². The first-order valence-electron chi connectivity index (χ1n) is 7.67. The van der Waals surface area contributed by atoms with Crippen LogP contribution in [0.1, 0.15) is 24.8 Å². The van der Waals surface area contributed by atoms with Gasteiger partial charge < -0.3 is 20.1 Å². The van der Waals surface area contributed by atoms with Crippen molar-refractivity contribution >= 4 is 35.2 Å². The Bertz CT molecular complexity index is 612. The lowest BCUT2D eigenvalue weighted by Gasteiger charge is -2.27. The van der Waals surface area contributed by atoms with Crippen molar-refractivity contribution in [2.24, 2.45) is 0 Å². The number of benzene rings is 1. The van der Waals surface area contributed by atoms with Gasteiger partial charge in [0.2, 0.25) is 5.91 Å². The fourth-order valence-electron chi connectivity index (χ4n) is 2.79. The number of carbonyl (C=O) groups is 2. The molecule has 132 valence electrons. The second-order valence-corrected chi connectivity index (χ2v) is 6.50. The molecule has 1 aliphatic rings. The van der Waals surface area contributed by atoms with Gasteiger partial charge in [-0.05, 0) is 24.1 Å². The molecule has 1 aromatic rings. The Morgan fingerprint density at radius 2 is 2.12 bits per heavy atom. The number of amides is 2. The van der Waals surface area contributed by atoms with Crippen molar-refractivity contribution < 1.29 is 19.4 Å². The molecule has 0 radical (unpaired) electrons. The number of carboxylic acid groups (broad SMARTS) is 1. The average Bonchev–Trinajstić information content (AvgIpc) is 2.72. The highest BCUT2D eigenvalue weighted by molar-refractivity contribution is 6.42. The third-order valence-corrected chi connectivity index (χ3v) is 4.74. The molecule has 2 N–H and O–H groups in total. The summed E-state index contributed by atoms with van der Waals surface area (Å²) in [6.45, 7) is 2.85. The third kappa shape index (κ3) is 5.00. The van der Waals surface area contributed by atoms with E-state index in [0.29, 0.717) is 42.7 Å². The van der Waals surface area contributed by atoms with Crippen molar-refractivity contribution in [3.05, 3.63) is 33.8 Å². The van der Waals surface area contributed by atoms with Gasteiger partial charge >= 0.3 is 6.09 Å². The number of nitrogens with zero attached hydrogens (tertiary/aromatic N) is 1. The van der Waals surface area contributed by atoms with E-state index in [2.05, 4.69) is 5.32 Å². The summed E-state index contributed by atoms with van der Waals surface area (Å²) in [5.74, 6) is -0.297. The lowest BCUT2D eigenvalue weighted by atomic mass is 9.91. The van der Waals surface area contributed by atoms with Gasteiger partial charge in [-0.15, -0.1) is 0 Å². The quantitative estimate of drug-likeness (QED) is 0.848. The summed E-state index contributed by atoms with van der Waals surface area (Å²) in [5.41, 5.74) is 0.866. The van der Waals surface area contributed by atoms with Crippen LogP contribution >= 0.6 is 23.2 Å². The summed E-state index contributed by atoms with van der Waals surface area (Å²) in [6.07, 6.45) is -0.623. The van der Waals surface area contributed by atoms with E-state index in [4.69, 9.17) is 27.9 Å². The largest absolute Gasteiger partial charge is 0.465 e. The van der Waals surface area contributed by atoms with Crippen molar-refractivity contribution in [3.63, 3.8) is 0 Å². The standard InChI is InChI=1S/C16H20Cl2N2O4/c1-10(21)19-5-4-15-12(9-20(16(22)23)6-7-24-15)11-2-3-13(17)14(18)8-11/h2-3,8,12,15H,4-7,9H2,1H3,(H,19,21)(H,22,23). The Labute approximate surface area is 150 Å². The highest BCUT2D eigenvalue weighted by atomic mass is 35.5. The number of hydrogen-bond acceptors (Lipinski definition) is 3. The zero-order chi connectivity index (χ0) is 17.7. The molecule has 1 aromatic carbocycles. The molecule has 2 amide bonds. The first-order valence-corrected chi connectivity index (χ1v) is 8.43. The Hall–Kier alpha value is -1.50. The first kappa shape index (κ1) is 18.8. The lowest BCUT2D eigenvalue weighted by molar-refractivity contribution is -0.119. The molecular weight excluding hydrogens is 355 g/mol. The van der Waals surface area contributed by atoms with E-state index < -0.39 is 6.09 Å². The van der Waals surface area contributed by atoms with E-state index in [9.17, 15) is 14.7 Å². The van der Waals surface area contributed by atoms with Crippen LogP contribution in [0.25, 0.3) is 0 Å². The average molecular weight is 375 g/mol. The second kappa shape index (κ2) is 8.55. The van der Waals surface area contributed by atoms with E-state index in [0.717, 1.165) is 5.56 Å². The minimum atomic E-state index is -0.980. The van der Waals surface area contributed by atoms with E-state index in [-0.39, 0.29) is 17.9 Å². The highest BCUT2D eigenvalue weighted by Crippen LogP contribution is 2.32. The van der Waals surface area contributed by atoms with Crippen molar-refractivity contribution in [2.45, 2.75) is 25.4 Å². The lowest BCUT2D eigenvalue weighted by Crippen LogP contribution is -2.36. The normalized spacial score (nSPS) is 21.2. The van der Waals surface area contributed by atoms with Crippen molar-refractivity contribution in [1.82, 2.24) is 10.2 Å². The predicted octanol–water partition coefficient (Wildman–Crippen LogP) is 2.98. The van der Waals surface area contributed by atoms with Crippen LogP contribution in [-0.4, -0.2) is 54.4 Å². The summed E-state index contributed by atoms with van der Waals surface area (Å²) in [6, 6.07) is 5.27. The number of carbonyl (C=O) groups excluding carboxylic acids is 1. The van der Waals surface area contributed by atoms with Gasteiger partial charge in [0, 0.05) is 32.5 Å². The molecule has 1 saturated heterocycles. The minimum Gasteiger partial charge on any atom is -0.465 e. The summed E-state index contributed by atoms with van der Waals surface area (Å²) < 4.78 is 5.87. The molecule has 6 nitrogen and oxygen atoms in total. The summed E-state index contributed by atoms with van der Waals surface area (Å²) in [4.78, 5) is 23.8. The molecule has 1 aliphatic heterocycles. The molecule has 2 rings (SSSR count). The van der Waals surface area contributed by atoms with E-state index in [1.165, 1.54) is 11.8 Å². The molecule has 0 spiro atoms. The highest BCUT2D eigenvalue weighted by Gasteiger charge is 2.31. The van der Waals surface area contributed by atoms with Gasteiger partial charge in [-0.2, -0.15) is 0 Å². The molecular formula is C16H20Cl2N2O4. The zero-order valence-electron chi connectivity index (χ0n) is 13.3. The van der Waals surface area contributed by atoms with Gasteiger partial charge in [-0.1, -0.05) is 29.3 Å². The van der Waals surface area contributed by atoms with Gasteiger partial charge in [0.1, 0.15) is 0 Å². The number of ether oxygens (including phenoxy) is 1. The number of hydrogen-bond donors (Lipinski definition) is 2. The monoisotopic (exact) mass is 374 g/mol. The molecule has 0 saturated carbocycles. The first-order chi connectivity index (χ1) is 11.4. The van der Waals surface area contributed by atoms with Crippen LogP contribution in [0, 0.1) is 0 Å². The zero-order valence-corrected chi connectivity index (χ0v) is 14.8. The van der Waals surface area contributed by atoms with Gasteiger partial charge in [-0.25, -0.2) is 4.79 Å². The molecule has 8 heteroatoms. The molecule has 2 atom stereocenters. The molecule has 24 heavy (non-hydrogen) atoms. The van der Waals surface area contributed by atoms with Crippen LogP contribution in [0.15, 0.2) is 18.2 Å². The van der Waals surface area contributed by atoms with Crippen molar-refractivity contribution in [3.8, 4) is 0 Å². The van der Waals surface area contributed by atoms with Crippen LogP contribution in [-0.2, 0) is 9.53 Å². The second-order valence-electron chi connectivity index (χ2n) is 5.69. The number of rotatable bonds is 4. The Morgan fingerprint density at radius 1 is 1.38 bits per heavy atom. The van der Waals surface area contributed by atoms with Crippen LogP contribution < -0.4 is 5.32 Å². The molecule has 0 aliphatic carbocycles. The Morgan fingerprint density at radius 3 is 2.75 bits per heavy atom. The molecule has 1 heterocycles. The van der Waals surface area contributed by atoms with E-state index >= 15 is 0 Å². The van der Waals surface area contributed by atoms with Crippen LogP contribution in [0.5, 0.6) is 0 Å². The molecule has 0 bridgehead atoms. The van der Waals surface area contributed by atoms with Crippen LogP contribution in [0.2, 0.25) is 10.0 Å². The fourth-order valence-corrected chi connectivity index (χ4v) is 3.10. The number of halogens is 2. The third-order valence-electron chi connectivity index (χ3n) is 4.00. The summed E-state index contributed by atoms with van der Waals surface area (Å²) in [7, 11) is 0. The van der Waals surface area contributed by atoms with Crippen molar-refractivity contribution in [1.29, 1.82) is 0 Å². The molecule has 0 aromatic heterocycles. The van der Waals surface area contributed by atoms with Crippen LogP contribution in [0.3, 0.4) is 0 Å². The smallest absolute Gasteiger partial charge is 0.407 e. The van der Waals surface area contributed by atoms with Crippen LogP contribution in [0.4, 0.5) is 4.79 Å². The molecule has 2 unspecified atom stereocenters. The van der Waals surface area contributed by atoms with E-state index in [1.54, 1.807) is 12.1 Å². The summed E-state index contributed by atoms with van der Waals surface area (Å²) >= 11 is 12.1. The summed E-state index contributed by atoms with van der Waals surface area (Å²) in [5, 5.41) is 12.9. The maximum Gasteiger partial charge on any atom is 0.407 e. The molecule has 1 fully saturated rings. The maximum atomic E-state index is 11.4. The maximum absolute atomic E-state index is 11.4. The Balaban J connectivity index is 2.23. The van der Waals surface area contributed by atoms with E-state index in [1.807, 2.05) is 6.07 Å². The predicted molar refractivity (Wildman–Crippen MR) is 91.8 cm³/mol. The Kier molecular flexibility index (Phi) is 6.71. The van der Waals surface area contributed by atoms with Gasteiger partial charge in [-0.3, -0.25) is 4.79 Å². The SMILES string of the molecule is CC(=O)NCCC1OCCN(C(=O)O)CC1c1ccc(Cl)c(Cl)c1. The van der Waals surface area contributed by atoms with Crippen molar-refractivity contribution in [2.75, 3.05) is 26.2 Å². The van der Waals surface area contributed by atoms with Gasteiger partial charge in [0.25, 0.3) is 0 Å². The van der Waals surface area contributed by atoms with Gasteiger partial charge in [0.15, 0.2) is 0 Å². The fraction of sp³-hybridized carbons (Fsp3) is 0.500. The topological polar surface area (TPSA) is 78.9 Å². The minimum absolute atomic E-state index is 0.109.